The minimum absolute atomic E-state index is 0.280. The van der Waals surface area contributed by atoms with E-state index in [1.54, 1.807) is 18.2 Å². The predicted molar refractivity (Wildman–Crippen MR) is 55.3 cm³/mol. The number of hydrogen-bond acceptors (Lipinski definition) is 3. The van der Waals surface area contributed by atoms with Crippen LogP contribution in [-0.2, 0) is 9.53 Å². The maximum absolute atomic E-state index is 10.8. The lowest BCUT2D eigenvalue weighted by Gasteiger charge is -1.95. The highest BCUT2D eigenvalue weighted by Gasteiger charge is 1.97. The van der Waals surface area contributed by atoms with E-state index in [0.717, 1.165) is 0 Å². The molecule has 0 radical (unpaired) electrons. The van der Waals surface area contributed by atoms with Gasteiger partial charge in [0.1, 0.15) is 10.3 Å². The molecule has 0 fully saturated rings. The lowest BCUT2D eigenvalue weighted by molar-refractivity contribution is -0.134. The molecule has 1 heterocycles. The van der Waals surface area contributed by atoms with Gasteiger partial charge in [0.05, 0.1) is 7.11 Å². The van der Waals surface area contributed by atoms with Gasteiger partial charge in [-0.1, -0.05) is 23.2 Å². The number of nitrogens with zero attached hydrogens (tertiary/aromatic N) is 1. The van der Waals surface area contributed by atoms with Crippen LogP contribution >= 0.6 is 23.2 Å². The molecule has 0 saturated carbocycles. The van der Waals surface area contributed by atoms with Crippen molar-refractivity contribution in [2.24, 2.45) is 0 Å². The third-order valence-electron chi connectivity index (χ3n) is 1.40. The van der Waals surface area contributed by atoms with Crippen LogP contribution in [0.15, 0.2) is 18.2 Å². The van der Waals surface area contributed by atoms with Crippen LogP contribution in [0.2, 0.25) is 10.3 Å². The molecular weight excluding hydrogens is 225 g/mol. The van der Waals surface area contributed by atoms with Crippen molar-refractivity contribution >= 4 is 35.2 Å². The van der Waals surface area contributed by atoms with Gasteiger partial charge in [0.2, 0.25) is 0 Å². The first-order valence-electron chi connectivity index (χ1n) is 3.71. The number of carbonyl (C=O) groups excluding carboxylic acids is 1. The molecule has 0 atom stereocenters. The van der Waals surface area contributed by atoms with Gasteiger partial charge in [0.25, 0.3) is 0 Å². The fourth-order valence-electron chi connectivity index (χ4n) is 0.812. The number of methoxy groups -OCH3 is 1. The van der Waals surface area contributed by atoms with Crippen molar-refractivity contribution in [3.63, 3.8) is 0 Å². The predicted octanol–water partition coefficient (Wildman–Crippen LogP) is 2.57. The minimum Gasteiger partial charge on any atom is -0.466 e. The Balaban J connectivity index is 2.86. The van der Waals surface area contributed by atoms with E-state index < -0.39 is 5.97 Å². The van der Waals surface area contributed by atoms with Crippen molar-refractivity contribution in [3.8, 4) is 0 Å². The van der Waals surface area contributed by atoms with Crippen LogP contribution in [0.3, 0.4) is 0 Å². The van der Waals surface area contributed by atoms with Crippen LogP contribution in [0.1, 0.15) is 5.56 Å². The number of aromatic nitrogens is 1. The zero-order chi connectivity index (χ0) is 10.6. The topological polar surface area (TPSA) is 39.2 Å². The van der Waals surface area contributed by atoms with Gasteiger partial charge in [-0.05, 0) is 23.8 Å². The molecule has 0 bridgehead atoms. The van der Waals surface area contributed by atoms with Gasteiger partial charge in [-0.25, -0.2) is 9.78 Å². The first-order chi connectivity index (χ1) is 6.61. The highest BCUT2D eigenvalue weighted by molar-refractivity contribution is 6.32. The Morgan fingerprint density at radius 3 is 2.50 bits per heavy atom. The largest absolute Gasteiger partial charge is 0.466 e. The van der Waals surface area contributed by atoms with Crippen molar-refractivity contribution < 1.29 is 9.53 Å². The van der Waals surface area contributed by atoms with Crippen LogP contribution < -0.4 is 0 Å². The van der Waals surface area contributed by atoms with Crippen molar-refractivity contribution in [2.45, 2.75) is 0 Å². The van der Waals surface area contributed by atoms with Crippen LogP contribution in [0.5, 0.6) is 0 Å². The number of esters is 1. The van der Waals surface area contributed by atoms with Crippen LogP contribution in [0, 0.1) is 0 Å². The van der Waals surface area contributed by atoms with E-state index in [4.69, 9.17) is 23.2 Å². The molecule has 1 rings (SSSR count). The number of carbonyl (C=O) groups is 1. The molecular formula is C9H7Cl2NO2. The Morgan fingerprint density at radius 2 is 2.00 bits per heavy atom. The molecule has 0 unspecified atom stereocenters. The number of pyridine rings is 1. The fraction of sp³-hybridized carbons (Fsp3) is 0.111. The molecule has 0 N–H and O–H groups in total. The first-order valence-corrected chi connectivity index (χ1v) is 4.46. The van der Waals surface area contributed by atoms with Gasteiger partial charge in [0, 0.05) is 6.08 Å². The van der Waals surface area contributed by atoms with E-state index in [1.807, 2.05) is 0 Å². The lowest BCUT2D eigenvalue weighted by atomic mass is 10.2. The summed E-state index contributed by atoms with van der Waals surface area (Å²) in [5.41, 5.74) is 0.695. The molecule has 1 aromatic heterocycles. The monoisotopic (exact) mass is 231 g/mol. The van der Waals surface area contributed by atoms with E-state index in [0.29, 0.717) is 5.56 Å². The Kier molecular flexibility index (Phi) is 3.92. The highest BCUT2D eigenvalue weighted by atomic mass is 35.5. The van der Waals surface area contributed by atoms with Crippen LogP contribution in [0.4, 0.5) is 0 Å². The van der Waals surface area contributed by atoms with Gasteiger partial charge in [-0.15, -0.1) is 0 Å². The zero-order valence-corrected chi connectivity index (χ0v) is 8.84. The van der Waals surface area contributed by atoms with Crippen molar-refractivity contribution in [1.82, 2.24) is 4.98 Å². The van der Waals surface area contributed by atoms with Crippen LogP contribution in [0.25, 0.3) is 6.08 Å². The van der Waals surface area contributed by atoms with Crippen molar-refractivity contribution in [1.29, 1.82) is 0 Å². The maximum atomic E-state index is 10.8. The smallest absolute Gasteiger partial charge is 0.330 e. The average Bonchev–Trinajstić information content (AvgIpc) is 2.12. The van der Waals surface area contributed by atoms with Crippen molar-refractivity contribution in [2.75, 3.05) is 7.11 Å². The van der Waals surface area contributed by atoms with Gasteiger partial charge in [-0.2, -0.15) is 0 Å². The number of rotatable bonds is 2. The van der Waals surface area contributed by atoms with E-state index in [2.05, 4.69) is 9.72 Å². The van der Waals surface area contributed by atoms with Crippen LogP contribution in [-0.4, -0.2) is 18.1 Å². The average molecular weight is 232 g/mol. The van der Waals surface area contributed by atoms with E-state index in [9.17, 15) is 4.79 Å². The molecule has 3 nitrogen and oxygen atoms in total. The molecule has 0 spiro atoms. The second-order valence-corrected chi connectivity index (χ2v) is 3.18. The summed E-state index contributed by atoms with van der Waals surface area (Å²) in [5.74, 6) is -0.436. The Labute approximate surface area is 91.3 Å². The third-order valence-corrected chi connectivity index (χ3v) is 1.79. The van der Waals surface area contributed by atoms with E-state index in [-0.39, 0.29) is 10.3 Å². The molecule has 14 heavy (non-hydrogen) atoms. The highest BCUT2D eigenvalue weighted by Crippen LogP contribution is 2.15. The maximum Gasteiger partial charge on any atom is 0.330 e. The molecule has 0 aromatic carbocycles. The van der Waals surface area contributed by atoms with E-state index >= 15 is 0 Å². The fourth-order valence-corrected chi connectivity index (χ4v) is 1.29. The molecule has 1 aromatic rings. The Bertz CT molecular complexity index is 357. The van der Waals surface area contributed by atoms with Gasteiger partial charge in [0.15, 0.2) is 0 Å². The summed E-state index contributed by atoms with van der Waals surface area (Å²) in [6.07, 6.45) is 2.83. The SMILES string of the molecule is COC(=O)C=Cc1cc(Cl)nc(Cl)c1. The summed E-state index contributed by atoms with van der Waals surface area (Å²) < 4.78 is 4.43. The molecule has 0 aliphatic carbocycles. The number of halogens is 2. The molecule has 5 heteroatoms. The molecule has 0 saturated heterocycles. The van der Waals surface area contributed by atoms with Gasteiger partial charge >= 0.3 is 5.97 Å². The molecule has 74 valence electrons. The summed E-state index contributed by atoms with van der Waals surface area (Å²) in [6.45, 7) is 0. The second-order valence-electron chi connectivity index (χ2n) is 2.40. The standard InChI is InChI=1S/C9H7Cl2NO2/c1-14-9(13)3-2-6-4-7(10)12-8(11)5-6/h2-5H,1H3. The summed E-state index contributed by atoms with van der Waals surface area (Å²) >= 11 is 11.3. The Morgan fingerprint density at radius 1 is 1.43 bits per heavy atom. The zero-order valence-electron chi connectivity index (χ0n) is 7.33. The minimum atomic E-state index is -0.436. The quantitative estimate of drug-likeness (QED) is 0.447. The second kappa shape index (κ2) is 4.98. The van der Waals surface area contributed by atoms with Gasteiger partial charge in [-0.3, -0.25) is 0 Å². The first kappa shape index (κ1) is 11.0. The molecule has 0 amide bonds. The van der Waals surface area contributed by atoms with Gasteiger partial charge < -0.3 is 4.74 Å². The molecule has 0 aliphatic heterocycles. The van der Waals surface area contributed by atoms with E-state index in [1.165, 1.54) is 13.2 Å². The van der Waals surface area contributed by atoms with Crippen molar-refractivity contribution in [3.05, 3.63) is 34.1 Å². The molecule has 0 aliphatic rings. The summed E-state index contributed by atoms with van der Waals surface area (Å²) in [7, 11) is 1.30. The summed E-state index contributed by atoms with van der Waals surface area (Å²) in [5, 5.41) is 0.559. The Hall–Kier alpha value is -1.06. The summed E-state index contributed by atoms with van der Waals surface area (Å²) in [6, 6.07) is 3.18. The third kappa shape index (κ3) is 3.36. The number of ether oxygens (including phenoxy) is 1. The summed E-state index contributed by atoms with van der Waals surface area (Å²) in [4.78, 5) is 14.5. The lowest BCUT2D eigenvalue weighted by Crippen LogP contribution is -1.93. The normalized spacial score (nSPS) is 10.5. The number of hydrogen-bond donors (Lipinski definition) is 0.